The van der Waals surface area contributed by atoms with Gasteiger partial charge in [0, 0.05) is 30.4 Å². The van der Waals surface area contributed by atoms with Crippen molar-refractivity contribution in [2.45, 2.75) is 80.7 Å². The van der Waals surface area contributed by atoms with Crippen molar-refractivity contribution < 1.29 is 22.7 Å². The zero-order chi connectivity index (χ0) is 30.1. The van der Waals surface area contributed by atoms with Crippen LogP contribution in [0.25, 0.3) is 0 Å². The first-order valence-electron chi connectivity index (χ1n) is 14.0. The predicted molar refractivity (Wildman–Crippen MR) is 153 cm³/mol. The van der Waals surface area contributed by atoms with Crippen molar-refractivity contribution in [1.82, 2.24) is 20.1 Å². The molecule has 6 radical (unpaired) electrons. The summed E-state index contributed by atoms with van der Waals surface area (Å²) in [7, 11) is 18.8. The largest absolute Gasteiger partial charge is 0.416 e. The molecule has 7 nitrogen and oxygen atoms in total. The molecule has 0 atom stereocenters. The Morgan fingerprint density at radius 2 is 1.88 bits per heavy atom. The molecule has 1 N–H and O–H groups in total. The number of carbonyl (C=O) groups is 1. The summed E-state index contributed by atoms with van der Waals surface area (Å²) in [4.78, 5) is 15.1. The lowest BCUT2D eigenvalue weighted by Gasteiger charge is -2.49. The minimum Gasteiger partial charge on any atom is -0.400 e. The second-order valence-electron chi connectivity index (χ2n) is 12.2. The monoisotopic (exact) mass is 569 g/mol. The van der Waals surface area contributed by atoms with Gasteiger partial charge in [0.15, 0.2) is 0 Å². The molecule has 0 saturated heterocycles. The van der Waals surface area contributed by atoms with Crippen molar-refractivity contribution in [3.8, 4) is 0 Å². The van der Waals surface area contributed by atoms with Crippen molar-refractivity contribution >= 4 is 35.1 Å². The number of ether oxygens (including phenoxy) is 1. The van der Waals surface area contributed by atoms with E-state index < -0.39 is 28.4 Å². The summed E-state index contributed by atoms with van der Waals surface area (Å²) < 4.78 is 50.1. The van der Waals surface area contributed by atoms with Crippen molar-refractivity contribution in [2.24, 2.45) is 7.05 Å². The number of nitrogens with one attached hydrogen (secondary N) is 1. The topological polar surface area (TPSA) is 72.3 Å². The van der Waals surface area contributed by atoms with E-state index in [2.05, 4.69) is 22.4 Å². The number of alkyl halides is 3. The Morgan fingerprint density at radius 1 is 1.14 bits per heavy atom. The molecule has 1 aromatic heterocycles. The molecule has 2 heterocycles. The molecule has 0 spiro atoms. The molecular weight excluding hydrogens is 540 g/mol. The Balaban J connectivity index is 1.32. The van der Waals surface area contributed by atoms with Crippen LogP contribution in [0.2, 0.25) is 0 Å². The van der Waals surface area contributed by atoms with Crippen molar-refractivity contribution in [1.29, 1.82) is 0 Å². The van der Waals surface area contributed by atoms with Gasteiger partial charge in [-0.25, -0.2) is 0 Å². The van der Waals surface area contributed by atoms with E-state index in [-0.39, 0.29) is 35.9 Å². The lowest BCUT2D eigenvalue weighted by Crippen LogP contribution is -2.52. The summed E-state index contributed by atoms with van der Waals surface area (Å²) in [5.41, 5.74) is 0.296. The van der Waals surface area contributed by atoms with Gasteiger partial charge in [-0.05, 0) is 85.3 Å². The Morgan fingerprint density at radius 3 is 2.48 bits per heavy atom. The molecule has 2 saturated carbocycles. The number of nitrogens with zero attached hydrogens (tertiary/aromatic N) is 4. The molecule has 3 aliphatic rings. The molecular formula is C29H29B3F3N5O2. The van der Waals surface area contributed by atoms with Crippen LogP contribution in [0.5, 0.6) is 0 Å². The van der Waals surface area contributed by atoms with Crippen molar-refractivity contribution in [3.05, 3.63) is 76.4 Å². The Kier molecular flexibility index (Phi) is 6.92. The predicted octanol–water partition coefficient (Wildman–Crippen LogP) is 3.61. The van der Waals surface area contributed by atoms with Gasteiger partial charge in [-0.3, -0.25) is 4.79 Å². The maximum Gasteiger partial charge on any atom is 0.416 e. The Bertz CT molecular complexity index is 1530. The van der Waals surface area contributed by atoms with E-state index in [0.717, 1.165) is 24.8 Å². The zero-order valence-electron chi connectivity index (χ0n) is 23.5. The average Bonchev–Trinajstić information content (AvgIpc) is 3.45. The molecule has 3 aromatic rings. The number of hydrogen-bond acceptors (Lipinski definition) is 5. The third kappa shape index (κ3) is 5.19. The van der Waals surface area contributed by atoms with E-state index in [1.54, 1.807) is 29.1 Å². The minimum atomic E-state index is -4.60. The third-order valence-electron chi connectivity index (χ3n) is 8.96. The zero-order valence-corrected chi connectivity index (χ0v) is 23.5. The average molecular weight is 569 g/mol. The first-order valence-corrected chi connectivity index (χ1v) is 14.0. The number of fused-ring (bicyclic) bond motifs is 1. The molecule has 212 valence electrons. The molecule has 0 bridgehead atoms. The standard InChI is InChI=1S/C29H29B3F3N5O2/c1-26(7-4-8-26)36-14-17-9-21-22(23(10-17)28(33,34)35)15-40(24(21)41)19-6-3-5-18(11-19)27(25-38-37-16-39(25)2)12-20(13-27)42-29(30,31)32/h3,5-6,9-11,16,20,36H,4,7-8,12-15H2,1-2H3. The number of anilines is 1. The van der Waals surface area contributed by atoms with Gasteiger partial charge in [0.1, 0.15) is 12.2 Å². The third-order valence-corrected chi connectivity index (χ3v) is 8.96. The normalized spacial score (nSPS) is 23.4. The van der Waals surface area contributed by atoms with Gasteiger partial charge in [-0.15, -0.1) is 10.2 Å². The first kappa shape index (κ1) is 29.0. The molecule has 6 rings (SSSR count). The number of aromatic nitrogens is 3. The molecule has 2 fully saturated rings. The van der Waals surface area contributed by atoms with Crippen LogP contribution in [0, 0.1) is 0 Å². The van der Waals surface area contributed by atoms with E-state index in [4.69, 9.17) is 28.3 Å². The Hall–Kier alpha value is -3.05. The van der Waals surface area contributed by atoms with Crippen LogP contribution in [0.1, 0.15) is 77.5 Å². The second kappa shape index (κ2) is 10.0. The second-order valence-corrected chi connectivity index (χ2v) is 12.2. The van der Waals surface area contributed by atoms with Crippen LogP contribution >= 0.6 is 0 Å². The van der Waals surface area contributed by atoms with Crippen LogP contribution in [0.15, 0.2) is 42.7 Å². The van der Waals surface area contributed by atoms with Crippen molar-refractivity contribution in [3.63, 3.8) is 0 Å². The fourth-order valence-corrected chi connectivity index (χ4v) is 6.56. The summed E-state index contributed by atoms with van der Waals surface area (Å²) in [6.07, 6.45) is 0.558. The summed E-state index contributed by atoms with van der Waals surface area (Å²) in [5.74, 6) is 0.204. The number of rotatable bonds is 8. The van der Waals surface area contributed by atoms with Crippen LogP contribution < -0.4 is 10.2 Å². The molecule has 1 amide bonds. The summed E-state index contributed by atoms with van der Waals surface area (Å²) in [6, 6.07) is 10.00. The SMILES string of the molecule is [B]C([B])([B])OC1CC(c2cccc(N3Cc4c(cc(CNC5(C)CCC5)cc4C(F)(F)F)C3=O)c2)(c2nncn2C)C1. The summed E-state index contributed by atoms with van der Waals surface area (Å²) in [5, 5.41) is 9.95. The van der Waals surface area contributed by atoms with Crippen LogP contribution in [0.4, 0.5) is 18.9 Å². The summed E-state index contributed by atoms with van der Waals surface area (Å²) in [6.45, 7) is 2.14. The highest BCUT2D eigenvalue weighted by Gasteiger charge is 2.51. The van der Waals surface area contributed by atoms with Gasteiger partial charge in [0.25, 0.3) is 5.91 Å². The van der Waals surface area contributed by atoms with Gasteiger partial charge in [-0.2, -0.15) is 13.2 Å². The van der Waals surface area contributed by atoms with Crippen molar-refractivity contribution in [2.75, 3.05) is 4.90 Å². The lowest BCUT2D eigenvalue weighted by molar-refractivity contribution is -0.138. The van der Waals surface area contributed by atoms with Gasteiger partial charge >= 0.3 is 6.18 Å². The Labute approximate surface area is 246 Å². The van der Waals surface area contributed by atoms with Gasteiger partial charge in [0.2, 0.25) is 0 Å². The smallest absolute Gasteiger partial charge is 0.400 e. The van der Waals surface area contributed by atoms with E-state index in [0.29, 0.717) is 29.9 Å². The number of halogens is 3. The molecule has 13 heteroatoms. The molecule has 1 aliphatic heterocycles. The lowest BCUT2D eigenvalue weighted by atomic mass is 9.51. The quantitative estimate of drug-likeness (QED) is 0.421. The maximum atomic E-state index is 14.3. The first-order chi connectivity index (χ1) is 19.7. The van der Waals surface area contributed by atoms with E-state index in [1.165, 1.54) is 11.0 Å². The number of hydrogen-bond donors (Lipinski definition) is 1. The highest BCUT2D eigenvalue weighted by Crippen LogP contribution is 2.51. The number of amides is 1. The van der Waals surface area contributed by atoms with Crippen LogP contribution in [-0.2, 0) is 36.5 Å². The fraction of sp³-hybridized carbons (Fsp3) is 0.483. The van der Waals surface area contributed by atoms with Crippen LogP contribution in [0.3, 0.4) is 0 Å². The molecule has 42 heavy (non-hydrogen) atoms. The minimum absolute atomic E-state index is 0.0122. The highest BCUT2D eigenvalue weighted by molar-refractivity contribution is 6.58. The molecule has 2 aromatic carbocycles. The van der Waals surface area contributed by atoms with E-state index >= 15 is 0 Å². The highest BCUT2D eigenvalue weighted by atomic mass is 19.4. The maximum absolute atomic E-state index is 14.3. The number of carbonyl (C=O) groups excluding carboxylic acids is 1. The van der Waals surface area contributed by atoms with E-state index in [9.17, 15) is 18.0 Å². The number of benzene rings is 2. The molecule has 2 aliphatic carbocycles. The molecule has 0 unspecified atom stereocenters. The van der Waals surface area contributed by atoms with Gasteiger partial charge in [0.05, 0.1) is 47.2 Å². The number of aryl methyl sites for hydroxylation is 1. The summed E-state index contributed by atoms with van der Waals surface area (Å²) >= 11 is 0. The van der Waals surface area contributed by atoms with Crippen LogP contribution in [-0.4, -0.2) is 61.2 Å². The fourth-order valence-electron chi connectivity index (χ4n) is 6.56. The van der Waals surface area contributed by atoms with Gasteiger partial charge in [-0.1, -0.05) is 12.1 Å². The van der Waals surface area contributed by atoms with E-state index in [1.807, 2.05) is 19.2 Å². The van der Waals surface area contributed by atoms with Gasteiger partial charge < -0.3 is 19.5 Å².